The lowest BCUT2D eigenvalue weighted by atomic mass is 10.0. The smallest absolute Gasteiger partial charge is 0.406 e. The van der Waals surface area contributed by atoms with Crippen molar-refractivity contribution in [2.45, 2.75) is 58.5 Å². The summed E-state index contributed by atoms with van der Waals surface area (Å²) in [5, 5.41) is 17.0. The summed E-state index contributed by atoms with van der Waals surface area (Å²) in [6.07, 6.45) is 0.801. The number of hydrogen-bond donors (Lipinski definition) is 3. The molecule has 0 spiro atoms. The minimum atomic E-state index is -4.73. The van der Waals surface area contributed by atoms with Crippen LogP contribution in [-0.4, -0.2) is 44.1 Å². The van der Waals surface area contributed by atoms with Gasteiger partial charge in [0.25, 0.3) is 0 Å². The molecular formula is C27H29F3N6O2S. The van der Waals surface area contributed by atoms with E-state index in [2.05, 4.69) is 25.3 Å². The number of halogens is 3. The highest BCUT2D eigenvalue weighted by atomic mass is 32.1. The molecule has 206 valence electrons. The number of nitrogens with one attached hydrogen (secondary N) is 2. The van der Waals surface area contributed by atoms with Gasteiger partial charge in [0.1, 0.15) is 22.1 Å². The second-order valence-electron chi connectivity index (χ2n) is 9.70. The molecule has 0 bridgehead atoms. The molecule has 3 heterocycles. The SMILES string of the molecule is Cc1nc(NCc2ccc(OC(F)(F)F)cc2)nc(NC2CCC(CCO)C2)c1-c1nc2c(C)nccc2s1. The predicted molar refractivity (Wildman–Crippen MR) is 145 cm³/mol. The molecule has 3 aromatic heterocycles. The van der Waals surface area contributed by atoms with Gasteiger partial charge >= 0.3 is 6.36 Å². The van der Waals surface area contributed by atoms with Gasteiger partial charge in [-0.15, -0.1) is 24.5 Å². The Morgan fingerprint density at radius 3 is 2.56 bits per heavy atom. The largest absolute Gasteiger partial charge is 0.573 e. The van der Waals surface area contributed by atoms with Crippen molar-refractivity contribution in [3.63, 3.8) is 0 Å². The zero-order chi connectivity index (χ0) is 27.6. The highest BCUT2D eigenvalue weighted by Crippen LogP contribution is 2.38. The number of rotatable bonds is 9. The number of pyridine rings is 1. The molecule has 5 rings (SSSR count). The van der Waals surface area contributed by atoms with Crippen LogP contribution in [0.25, 0.3) is 20.8 Å². The average Bonchev–Trinajstić information content (AvgIpc) is 3.50. The molecule has 2 unspecified atom stereocenters. The van der Waals surface area contributed by atoms with Gasteiger partial charge < -0.3 is 20.5 Å². The molecule has 1 aliphatic rings. The first kappa shape index (κ1) is 27.1. The van der Waals surface area contributed by atoms with Crippen molar-refractivity contribution in [2.24, 2.45) is 5.92 Å². The van der Waals surface area contributed by atoms with E-state index in [4.69, 9.17) is 9.97 Å². The lowest BCUT2D eigenvalue weighted by Crippen LogP contribution is -2.19. The lowest BCUT2D eigenvalue weighted by Gasteiger charge is -2.18. The van der Waals surface area contributed by atoms with Gasteiger partial charge in [0.05, 0.1) is 21.7 Å². The van der Waals surface area contributed by atoms with Crippen LogP contribution in [0.2, 0.25) is 0 Å². The number of anilines is 2. The maximum absolute atomic E-state index is 12.5. The summed E-state index contributed by atoms with van der Waals surface area (Å²) in [6.45, 7) is 4.35. The number of aliphatic hydroxyl groups is 1. The van der Waals surface area contributed by atoms with Gasteiger partial charge in [-0.25, -0.2) is 9.97 Å². The third-order valence-electron chi connectivity index (χ3n) is 6.82. The van der Waals surface area contributed by atoms with Crippen molar-refractivity contribution in [1.82, 2.24) is 19.9 Å². The molecule has 2 atom stereocenters. The number of nitrogens with zero attached hydrogens (tertiary/aromatic N) is 4. The highest BCUT2D eigenvalue weighted by molar-refractivity contribution is 7.21. The second-order valence-corrected chi connectivity index (χ2v) is 10.7. The predicted octanol–water partition coefficient (Wildman–Crippen LogP) is 6.24. The van der Waals surface area contributed by atoms with Crippen LogP contribution in [-0.2, 0) is 6.54 Å². The second kappa shape index (κ2) is 11.3. The third kappa shape index (κ3) is 6.56. The Morgan fingerprint density at radius 2 is 1.85 bits per heavy atom. The van der Waals surface area contributed by atoms with Crippen molar-refractivity contribution in [3.05, 3.63) is 53.5 Å². The van der Waals surface area contributed by atoms with Gasteiger partial charge in [-0.05, 0) is 69.2 Å². The van der Waals surface area contributed by atoms with Crippen LogP contribution in [0.15, 0.2) is 36.5 Å². The summed E-state index contributed by atoms with van der Waals surface area (Å²) in [5.74, 6) is 1.28. The molecule has 1 saturated carbocycles. The van der Waals surface area contributed by atoms with Gasteiger partial charge in [-0.3, -0.25) is 4.98 Å². The molecule has 8 nitrogen and oxygen atoms in total. The van der Waals surface area contributed by atoms with E-state index in [0.717, 1.165) is 63.4 Å². The Balaban J connectivity index is 1.41. The molecule has 0 aliphatic heterocycles. The molecule has 0 radical (unpaired) electrons. The number of thiazole rings is 1. The normalized spacial score (nSPS) is 17.5. The van der Waals surface area contributed by atoms with E-state index in [9.17, 15) is 18.3 Å². The number of aryl methyl sites for hydroxylation is 2. The van der Waals surface area contributed by atoms with Crippen LogP contribution in [0.3, 0.4) is 0 Å². The van der Waals surface area contributed by atoms with Gasteiger partial charge in [0.2, 0.25) is 5.95 Å². The fourth-order valence-corrected chi connectivity index (χ4v) is 6.05. The zero-order valence-corrected chi connectivity index (χ0v) is 22.4. The van der Waals surface area contributed by atoms with Gasteiger partial charge in [0.15, 0.2) is 0 Å². The summed E-state index contributed by atoms with van der Waals surface area (Å²) >= 11 is 1.56. The Kier molecular flexibility index (Phi) is 7.85. The fourth-order valence-electron chi connectivity index (χ4n) is 4.94. The standard InChI is InChI=1S/C27H29F3N6O2S/c1-15-22(25-35-23-16(2)31-11-9-21(23)39-25)24(34-19-6-3-17(13-19)10-12-37)36-26(33-15)32-14-18-4-7-20(8-5-18)38-27(28,29)30/h4-5,7-9,11,17,19,37H,3,6,10,12-14H2,1-2H3,(H2,32,33,34,36). The number of aromatic nitrogens is 4. The van der Waals surface area contributed by atoms with E-state index in [-0.39, 0.29) is 18.4 Å². The van der Waals surface area contributed by atoms with Crippen LogP contribution in [0.4, 0.5) is 24.9 Å². The van der Waals surface area contributed by atoms with Crippen LogP contribution in [0, 0.1) is 19.8 Å². The molecule has 39 heavy (non-hydrogen) atoms. The number of ether oxygens (including phenoxy) is 1. The van der Waals surface area contributed by atoms with Crippen molar-refractivity contribution < 1.29 is 23.0 Å². The molecule has 0 amide bonds. The third-order valence-corrected chi connectivity index (χ3v) is 7.86. The van der Waals surface area contributed by atoms with E-state index in [1.54, 1.807) is 29.7 Å². The molecule has 3 N–H and O–H groups in total. The van der Waals surface area contributed by atoms with Crippen LogP contribution in [0.1, 0.15) is 42.6 Å². The summed E-state index contributed by atoms with van der Waals surface area (Å²) in [5.41, 5.74) is 4.04. The van der Waals surface area contributed by atoms with E-state index in [0.29, 0.717) is 24.2 Å². The van der Waals surface area contributed by atoms with E-state index >= 15 is 0 Å². The number of alkyl halides is 3. The monoisotopic (exact) mass is 558 g/mol. The number of aliphatic hydroxyl groups excluding tert-OH is 1. The van der Waals surface area contributed by atoms with Crippen LogP contribution >= 0.6 is 11.3 Å². The van der Waals surface area contributed by atoms with Gasteiger partial charge in [0, 0.05) is 25.4 Å². The summed E-state index contributed by atoms with van der Waals surface area (Å²) in [7, 11) is 0. The van der Waals surface area contributed by atoms with E-state index < -0.39 is 6.36 Å². The maximum atomic E-state index is 12.5. The first-order valence-electron chi connectivity index (χ1n) is 12.8. The maximum Gasteiger partial charge on any atom is 0.573 e. The first-order valence-corrected chi connectivity index (χ1v) is 13.6. The van der Waals surface area contributed by atoms with E-state index in [1.807, 2.05) is 19.9 Å². The zero-order valence-electron chi connectivity index (χ0n) is 21.5. The minimum absolute atomic E-state index is 0.186. The summed E-state index contributed by atoms with van der Waals surface area (Å²) in [6, 6.07) is 7.84. The average molecular weight is 559 g/mol. The number of benzene rings is 1. The fraction of sp³-hybridized carbons (Fsp3) is 0.407. The van der Waals surface area contributed by atoms with Crippen molar-refractivity contribution in [3.8, 4) is 16.3 Å². The van der Waals surface area contributed by atoms with Gasteiger partial charge in [-0.1, -0.05) is 12.1 Å². The number of fused-ring (bicyclic) bond motifs is 1. The molecule has 0 saturated heterocycles. The quantitative estimate of drug-likeness (QED) is 0.222. The molecule has 1 fully saturated rings. The minimum Gasteiger partial charge on any atom is -0.406 e. The van der Waals surface area contributed by atoms with Crippen molar-refractivity contribution >= 4 is 33.3 Å². The molecule has 12 heteroatoms. The van der Waals surface area contributed by atoms with Crippen molar-refractivity contribution in [2.75, 3.05) is 17.2 Å². The number of hydrogen-bond acceptors (Lipinski definition) is 9. The Hall–Kier alpha value is -3.51. The van der Waals surface area contributed by atoms with E-state index in [1.165, 1.54) is 12.1 Å². The highest BCUT2D eigenvalue weighted by Gasteiger charge is 2.31. The van der Waals surface area contributed by atoms with Crippen LogP contribution in [0.5, 0.6) is 5.75 Å². The first-order chi connectivity index (χ1) is 18.7. The Morgan fingerprint density at radius 1 is 1.05 bits per heavy atom. The Labute approximate surface area is 227 Å². The van der Waals surface area contributed by atoms with Crippen LogP contribution < -0.4 is 15.4 Å². The molecule has 1 aromatic carbocycles. The Bertz CT molecular complexity index is 1440. The molecule has 4 aromatic rings. The summed E-state index contributed by atoms with van der Waals surface area (Å²) < 4.78 is 42.3. The lowest BCUT2D eigenvalue weighted by molar-refractivity contribution is -0.274. The molecular weight excluding hydrogens is 529 g/mol. The van der Waals surface area contributed by atoms with Gasteiger partial charge in [-0.2, -0.15) is 4.98 Å². The van der Waals surface area contributed by atoms with Crippen molar-refractivity contribution in [1.29, 1.82) is 0 Å². The topological polar surface area (TPSA) is 105 Å². The molecule has 1 aliphatic carbocycles. The summed E-state index contributed by atoms with van der Waals surface area (Å²) in [4.78, 5) is 18.7.